The van der Waals surface area contributed by atoms with Crippen LogP contribution in [-0.4, -0.2) is 12.1 Å². The van der Waals surface area contributed by atoms with Crippen LogP contribution in [0.15, 0.2) is 54.6 Å². The summed E-state index contributed by atoms with van der Waals surface area (Å²) in [5, 5.41) is 2.09. The molecule has 0 aliphatic carbocycles. The summed E-state index contributed by atoms with van der Waals surface area (Å²) in [7, 11) is 1.56. The first-order valence-corrected chi connectivity index (χ1v) is 8.16. The Labute approximate surface area is 148 Å². The lowest BCUT2D eigenvalue weighted by Gasteiger charge is -2.12. The Morgan fingerprint density at radius 3 is 2.19 bits per heavy atom. The molecular formula is C21H16F3NO. The van der Waals surface area contributed by atoms with Gasteiger partial charge in [-0.1, -0.05) is 30.3 Å². The van der Waals surface area contributed by atoms with Crippen molar-refractivity contribution in [2.24, 2.45) is 0 Å². The summed E-state index contributed by atoms with van der Waals surface area (Å²) in [6.45, 7) is 2.02. The van der Waals surface area contributed by atoms with Crippen molar-refractivity contribution < 1.29 is 17.9 Å². The van der Waals surface area contributed by atoms with Gasteiger partial charge in [-0.2, -0.15) is 13.2 Å². The van der Waals surface area contributed by atoms with E-state index in [1.807, 2.05) is 37.3 Å². The normalized spacial score (nSPS) is 12.0. The lowest BCUT2D eigenvalue weighted by molar-refractivity contribution is -0.137. The zero-order chi connectivity index (χ0) is 18.5. The minimum absolute atomic E-state index is 0.612. The van der Waals surface area contributed by atoms with Gasteiger partial charge in [-0.05, 0) is 42.3 Å². The monoisotopic (exact) mass is 355 g/mol. The summed E-state index contributed by atoms with van der Waals surface area (Å²) in [6, 6.07) is 15.0. The quantitative estimate of drug-likeness (QED) is 0.447. The molecular weight excluding hydrogens is 339 g/mol. The van der Waals surface area contributed by atoms with Crippen molar-refractivity contribution in [2.75, 3.05) is 7.11 Å². The number of rotatable bonds is 2. The predicted molar refractivity (Wildman–Crippen MR) is 97.5 cm³/mol. The van der Waals surface area contributed by atoms with Crippen molar-refractivity contribution >= 4 is 21.8 Å². The lowest BCUT2D eigenvalue weighted by Crippen LogP contribution is -2.04. The zero-order valence-electron chi connectivity index (χ0n) is 14.2. The lowest BCUT2D eigenvalue weighted by atomic mass is 9.99. The van der Waals surface area contributed by atoms with Crippen LogP contribution in [0.1, 0.15) is 11.1 Å². The van der Waals surface area contributed by atoms with Gasteiger partial charge in [0, 0.05) is 21.9 Å². The first-order chi connectivity index (χ1) is 12.4. The fourth-order valence-electron chi connectivity index (χ4n) is 3.40. The smallest absolute Gasteiger partial charge is 0.416 e. The van der Waals surface area contributed by atoms with Gasteiger partial charge in [-0.15, -0.1) is 0 Å². The van der Waals surface area contributed by atoms with E-state index in [1.165, 1.54) is 12.1 Å². The average Bonchev–Trinajstić information content (AvgIpc) is 3.00. The molecule has 0 saturated carbocycles. The molecule has 1 heterocycles. The minimum atomic E-state index is -4.35. The van der Waals surface area contributed by atoms with Crippen molar-refractivity contribution in [3.05, 3.63) is 65.7 Å². The number of para-hydroxylation sites is 1. The highest BCUT2D eigenvalue weighted by Gasteiger charge is 2.30. The summed E-state index contributed by atoms with van der Waals surface area (Å²) < 4.78 is 44.1. The number of hydrogen-bond acceptors (Lipinski definition) is 1. The highest BCUT2D eigenvalue weighted by molar-refractivity contribution is 6.13. The van der Waals surface area contributed by atoms with E-state index in [4.69, 9.17) is 4.74 Å². The van der Waals surface area contributed by atoms with Gasteiger partial charge in [-0.25, -0.2) is 0 Å². The summed E-state index contributed by atoms with van der Waals surface area (Å²) in [4.78, 5) is 3.43. The van der Waals surface area contributed by atoms with Crippen LogP contribution >= 0.6 is 0 Å². The van der Waals surface area contributed by atoms with E-state index in [9.17, 15) is 13.2 Å². The van der Waals surface area contributed by atoms with Crippen molar-refractivity contribution in [3.63, 3.8) is 0 Å². The Morgan fingerprint density at radius 2 is 1.54 bits per heavy atom. The Balaban J connectivity index is 2.01. The molecule has 0 atom stereocenters. The van der Waals surface area contributed by atoms with Crippen LogP contribution in [0.3, 0.4) is 0 Å². The summed E-state index contributed by atoms with van der Waals surface area (Å²) in [5.41, 5.74) is 3.74. The molecule has 4 aromatic rings. The molecule has 0 radical (unpaired) electrons. The van der Waals surface area contributed by atoms with Crippen LogP contribution in [0.2, 0.25) is 0 Å². The molecule has 0 unspecified atom stereocenters. The third-order valence-electron chi connectivity index (χ3n) is 4.70. The Kier molecular flexibility index (Phi) is 3.68. The minimum Gasteiger partial charge on any atom is -0.496 e. The summed E-state index contributed by atoms with van der Waals surface area (Å²) in [5.74, 6) is 0.612. The van der Waals surface area contributed by atoms with Crippen molar-refractivity contribution in [1.29, 1.82) is 0 Å². The number of alkyl halides is 3. The van der Waals surface area contributed by atoms with Crippen LogP contribution in [-0.2, 0) is 6.18 Å². The number of hydrogen-bond donors (Lipinski definition) is 1. The van der Waals surface area contributed by atoms with Crippen molar-refractivity contribution in [1.82, 2.24) is 4.98 Å². The van der Waals surface area contributed by atoms with Gasteiger partial charge in [0.15, 0.2) is 0 Å². The zero-order valence-corrected chi connectivity index (χ0v) is 14.2. The van der Waals surface area contributed by atoms with Crippen molar-refractivity contribution in [2.45, 2.75) is 13.1 Å². The topological polar surface area (TPSA) is 25.0 Å². The SMILES string of the molecule is COc1ccc2c([nH]c3c(C)cccc32)c1-c1ccc(C(F)(F)F)cc1. The van der Waals surface area contributed by atoms with Crippen molar-refractivity contribution in [3.8, 4) is 16.9 Å². The number of ether oxygens (including phenoxy) is 1. The summed E-state index contributed by atoms with van der Waals surface area (Å²) >= 11 is 0. The van der Waals surface area contributed by atoms with E-state index in [1.54, 1.807) is 7.11 Å². The molecule has 4 rings (SSSR count). The van der Waals surface area contributed by atoms with E-state index in [2.05, 4.69) is 4.98 Å². The van der Waals surface area contributed by atoms with Gasteiger partial charge < -0.3 is 9.72 Å². The third-order valence-corrected chi connectivity index (χ3v) is 4.70. The molecule has 0 aliphatic heterocycles. The van der Waals surface area contributed by atoms with Crippen LogP contribution in [0.25, 0.3) is 32.9 Å². The molecule has 0 saturated heterocycles. The molecule has 1 aromatic heterocycles. The van der Waals surface area contributed by atoms with Gasteiger partial charge in [0.05, 0.1) is 18.2 Å². The molecule has 0 spiro atoms. The molecule has 0 fully saturated rings. The van der Waals surface area contributed by atoms with Gasteiger partial charge in [0.1, 0.15) is 5.75 Å². The van der Waals surface area contributed by atoms with E-state index in [0.717, 1.165) is 45.1 Å². The van der Waals surface area contributed by atoms with E-state index >= 15 is 0 Å². The van der Waals surface area contributed by atoms with Gasteiger partial charge in [0.2, 0.25) is 0 Å². The molecule has 3 aromatic carbocycles. The number of aryl methyl sites for hydroxylation is 1. The maximum absolute atomic E-state index is 12.9. The molecule has 26 heavy (non-hydrogen) atoms. The second kappa shape index (κ2) is 5.80. The number of aromatic nitrogens is 1. The maximum atomic E-state index is 12.9. The fraction of sp³-hybridized carbons (Fsp3) is 0.143. The van der Waals surface area contributed by atoms with E-state index in [-0.39, 0.29) is 0 Å². The molecule has 1 N–H and O–H groups in total. The highest BCUT2D eigenvalue weighted by Crippen LogP contribution is 2.41. The molecule has 2 nitrogen and oxygen atoms in total. The highest BCUT2D eigenvalue weighted by atomic mass is 19.4. The number of H-pyrrole nitrogens is 1. The number of aromatic amines is 1. The first kappa shape index (κ1) is 16.5. The number of fused-ring (bicyclic) bond motifs is 3. The van der Waals surface area contributed by atoms with Crippen LogP contribution in [0.5, 0.6) is 5.75 Å². The number of benzene rings is 3. The van der Waals surface area contributed by atoms with Gasteiger partial charge in [-0.3, -0.25) is 0 Å². The Morgan fingerprint density at radius 1 is 0.846 bits per heavy atom. The van der Waals surface area contributed by atoms with Gasteiger partial charge in [0.25, 0.3) is 0 Å². The van der Waals surface area contributed by atoms with E-state index in [0.29, 0.717) is 11.3 Å². The van der Waals surface area contributed by atoms with Crippen LogP contribution < -0.4 is 4.74 Å². The second-order valence-electron chi connectivity index (χ2n) is 6.26. The molecule has 5 heteroatoms. The third kappa shape index (κ3) is 2.51. The molecule has 132 valence electrons. The predicted octanol–water partition coefficient (Wildman–Crippen LogP) is 6.32. The standard InChI is InChI=1S/C21H16F3NO/c1-12-4-3-5-15-16-10-11-17(26-2)18(20(16)25-19(12)15)13-6-8-14(9-7-13)21(22,23)24/h3-11,25H,1-2H3. The molecule has 0 amide bonds. The Bertz CT molecular complexity index is 1110. The molecule has 0 bridgehead atoms. The van der Waals surface area contributed by atoms with Gasteiger partial charge >= 0.3 is 6.18 Å². The number of nitrogens with one attached hydrogen (secondary N) is 1. The Hall–Kier alpha value is -2.95. The fourth-order valence-corrected chi connectivity index (χ4v) is 3.40. The second-order valence-corrected chi connectivity index (χ2v) is 6.26. The van der Waals surface area contributed by atoms with Crippen LogP contribution in [0, 0.1) is 6.92 Å². The molecule has 0 aliphatic rings. The largest absolute Gasteiger partial charge is 0.496 e. The number of methoxy groups -OCH3 is 1. The first-order valence-electron chi connectivity index (χ1n) is 8.16. The number of halogens is 3. The van der Waals surface area contributed by atoms with Crippen LogP contribution in [0.4, 0.5) is 13.2 Å². The average molecular weight is 355 g/mol. The summed E-state index contributed by atoms with van der Waals surface area (Å²) in [6.07, 6.45) is -4.35. The van der Waals surface area contributed by atoms with E-state index < -0.39 is 11.7 Å². The maximum Gasteiger partial charge on any atom is 0.416 e.